The van der Waals surface area contributed by atoms with Gasteiger partial charge in [0.1, 0.15) is 0 Å². The van der Waals surface area contributed by atoms with Crippen LogP contribution in [0.1, 0.15) is 20.3 Å². The minimum atomic E-state index is -0.607. The number of ether oxygens (including phenoxy) is 1. The Labute approximate surface area is 67.7 Å². The Bertz CT molecular complexity index is 114. The summed E-state index contributed by atoms with van der Waals surface area (Å²) in [6, 6.07) is 0. The Kier molecular flexibility index (Phi) is 2.87. The molecule has 1 fully saturated rings. The van der Waals surface area contributed by atoms with Gasteiger partial charge >= 0.3 is 0 Å². The van der Waals surface area contributed by atoms with Crippen LogP contribution in [0.15, 0.2) is 0 Å². The van der Waals surface area contributed by atoms with Gasteiger partial charge in [0.15, 0.2) is 0 Å². The highest BCUT2D eigenvalue weighted by molar-refractivity contribution is 4.76. The van der Waals surface area contributed by atoms with Crippen LogP contribution in [0.5, 0.6) is 0 Å². The van der Waals surface area contributed by atoms with Gasteiger partial charge in [-0.25, -0.2) is 0 Å². The summed E-state index contributed by atoms with van der Waals surface area (Å²) in [7, 11) is 0. The van der Waals surface area contributed by atoms with Crippen molar-refractivity contribution in [2.45, 2.75) is 32.0 Å². The van der Waals surface area contributed by atoms with Crippen molar-refractivity contribution in [3.8, 4) is 0 Å². The summed E-state index contributed by atoms with van der Waals surface area (Å²) in [5, 5.41) is 12.7. The molecule has 1 unspecified atom stereocenters. The van der Waals surface area contributed by atoms with E-state index in [0.717, 1.165) is 19.7 Å². The number of morpholine rings is 1. The molecule has 3 nitrogen and oxygen atoms in total. The van der Waals surface area contributed by atoms with Gasteiger partial charge in [-0.15, -0.1) is 0 Å². The molecule has 1 rings (SSSR count). The second kappa shape index (κ2) is 3.52. The third-order valence-corrected chi connectivity index (χ3v) is 1.73. The first-order chi connectivity index (χ1) is 5.08. The summed E-state index contributed by atoms with van der Waals surface area (Å²) < 4.78 is 5.43. The van der Waals surface area contributed by atoms with Crippen LogP contribution in [0.3, 0.4) is 0 Å². The third kappa shape index (κ3) is 3.70. The van der Waals surface area contributed by atoms with Gasteiger partial charge < -0.3 is 15.2 Å². The van der Waals surface area contributed by atoms with E-state index in [0.29, 0.717) is 6.42 Å². The fourth-order valence-corrected chi connectivity index (χ4v) is 1.31. The van der Waals surface area contributed by atoms with Gasteiger partial charge in [-0.05, 0) is 13.8 Å². The monoisotopic (exact) mass is 159 g/mol. The SMILES string of the molecule is CC(C)(O)CC1CNCCO1. The van der Waals surface area contributed by atoms with E-state index in [1.54, 1.807) is 0 Å². The molecule has 1 saturated heterocycles. The molecule has 66 valence electrons. The standard InChI is InChI=1S/C8H17NO2/c1-8(2,10)5-7-6-9-3-4-11-7/h7,9-10H,3-6H2,1-2H3. The molecule has 1 heterocycles. The molecule has 1 aliphatic heterocycles. The molecule has 0 aromatic rings. The van der Waals surface area contributed by atoms with E-state index in [9.17, 15) is 5.11 Å². The molecule has 3 heteroatoms. The summed E-state index contributed by atoms with van der Waals surface area (Å²) in [5.41, 5.74) is -0.607. The number of rotatable bonds is 2. The molecule has 0 aromatic heterocycles. The maximum Gasteiger partial charge on any atom is 0.0727 e. The lowest BCUT2D eigenvalue weighted by atomic mass is 10.0. The minimum absolute atomic E-state index is 0.184. The van der Waals surface area contributed by atoms with E-state index in [1.807, 2.05) is 13.8 Å². The van der Waals surface area contributed by atoms with Crippen LogP contribution in [0.25, 0.3) is 0 Å². The number of hydrogen-bond donors (Lipinski definition) is 2. The van der Waals surface area contributed by atoms with Crippen LogP contribution < -0.4 is 5.32 Å². The maximum atomic E-state index is 9.46. The molecular formula is C8H17NO2. The molecule has 0 radical (unpaired) electrons. The highest BCUT2D eigenvalue weighted by Crippen LogP contribution is 2.13. The fraction of sp³-hybridized carbons (Fsp3) is 1.00. The van der Waals surface area contributed by atoms with Crippen molar-refractivity contribution >= 4 is 0 Å². The van der Waals surface area contributed by atoms with Crippen LogP contribution in [-0.2, 0) is 4.74 Å². The predicted molar refractivity (Wildman–Crippen MR) is 43.5 cm³/mol. The zero-order valence-corrected chi connectivity index (χ0v) is 7.26. The van der Waals surface area contributed by atoms with Crippen LogP contribution in [0, 0.1) is 0 Å². The predicted octanol–water partition coefficient (Wildman–Crippen LogP) is 0.136. The second-order valence-electron chi connectivity index (χ2n) is 3.71. The maximum absolute atomic E-state index is 9.46. The topological polar surface area (TPSA) is 41.5 Å². The largest absolute Gasteiger partial charge is 0.390 e. The van der Waals surface area contributed by atoms with E-state index in [2.05, 4.69) is 5.32 Å². The van der Waals surface area contributed by atoms with Gasteiger partial charge in [0, 0.05) is 19.5 Å². The summed E-state index contributed by atoms with van der Waals surface area (Å²) in [6.07, 6.45) is 0.892. The number of aliphatic hydroxyl groups is 1. The van der Waals surface area contributed by atoms with Crippen LogP contribution in [0.4, 0.5) is 0 Å². The minimum Gasteiger partial charge on any atom is -0.390 e. The summed E-state index contributed by atoms with van der Waals surface area (Å²) in [6.45, 7) is 6.18. The zero-order chi connectivity index (χ0) is 8.32. The molecule has 0 saturated carbocycles. The average Bonchev–Trinajstić information content (AvgIpc) is 1.85. The smallest absolute Gasteiger partial charge is 0.0727 e. The molecule has 0 amide bonds. The first-order valence-corrected chi connectivity index (χ1v) is 4.13. The van der Waals surface area contributed by atoms with E-state index in [1.165, 1.54) is 0 Å². The van der Waals surface area contributed by atoms with Crippen molar-refractivity contribution in [2.75, 3.05) is 19.7 Å². The first-order valence-electron chi connectivity index (χ1n) is 4.13. The number of hydrogen-bond acceptors (Lipinski definition) is 3. The zero-order valence-electron chi connectivity index (χ0n) is 7.26. The fourth-order valence-electron chi connectivity index (χ4n) is 1.31. The molecule has 0 bridgehead atoms. The Hall–Kier alpha value is -0.120. The van der Waals surface area contributed by atoms with Crippen molar-refractivity contribution in [2.24, 2.45) is 0 Å². The van der Waals surface area contributed by atoms with Crippen LogP contribution in [-0.4, -0.2) is 36.5 Å². The Balaban J connectivity index is 2.24. The second-order valence-corrected chi connectivity index (χ2v) is 3.71. The Morgan fingerprint density at radius 3 is 2.82 bits per heavy atom. The van der Waals surface area contributed by atoms with Crippen molar-refractivity contribution in [1.29, 1.82) is 0 Å². The van der Waals surface area contributed by atoms with Gasteiger partial charge in [0.05, 0.1) is 18.3 Å². The highest BCUT2D eigenvalue weighted by atomic mass is 16.5. The van der Waals surface area contributed by atoms with Gasteiger partial charge in [0.2, 0.25) is 0 Å². The van der Waals surface area contributed by atoms with Gasteiger partial charge in [0.25, 0.3) is 0 Å². The quantitative estimate of drug-likeness (QED) is 0.602. The lowest BCUT2D eigenvalue weighted by Gasteiger charge is -2.28. The van der Waals surface area contributed by atoms with Gasteiger partial charge in [-0.2, -0.15) is 0 Å². The molecule has 1 atom stereocenters. The summed E-state index contributed by atoms with van der Waals surface area (Å²) >= 11 is 0. The summed E-state index contributed by atoms with van der Waals surface area (Å²) in [5.74, 6) is 0. The first kappa shape index (κ1) is 8.97. The molecule has 0 aromatic carbocycles. The third-order valence-electron chi connectivity index (χ3n) is 1.73. The molecule has 0 aliphatic carbocycles. The van der Waals surface area contributed by atoms with Crippen molar-refractivity contribution < 1.29 is 9.84 Å². The molecule has 0 spiro atoms. The van der Waals surface area contributed by atoms with Gasteiger partial charge in [-0.3, -0.25) is 0 Å². The molecule has 11 heavy (non-hydrogen) atoms. The Morgan fingerprint density at radius 2 is 2.36 bits per heavy atom. The normalized spacial score (nSPS) is 27.0. The Morgan fingerprint density at radius 1 is 1.64 bits per heavy atom. The van der Waals surface area contributed by atoms with E-state index < -0.39 is 5.60 Å². The van der Waals surface area contributed by atoms with Crippen LogP contribution >= 0.6 is 0 Å². The van der Waals surface area contributed by atoms with Gasteiger partial charge in [-0.1, -0.05) is 0 Å². The molecule has 2 N–H and O–H groups in total. The van der Waals surface area contributed by atoms with Crippen molar-refractivity contribution in [3.63, 3.8) is 0 Å². The van der Waals surface area contributed by atoms with E-state index in [4.69, 9.17) is 4.74 Å². The highest BCUT2D eigenvalue weighted by Gasteiger charge is 2.22. The van der Waals surface area contributed by atoms with Crippen molar-refractivity contribution in [3.05, 3.63) is 0 Å². The van der Waals surface area contributed by atoms with E-state index >= 15 is 0 Å². The lowest BCUT2D eigenvalue weighted by molar-refractivity contribution is -0.0332. The average molecular weight is 159 g/mol. The van der Waals surface area contributed by atoms with E-state index in [-0.39, 0.29) is 6.10 Å². The lowest BCUT2D eigenvalue weighted by Crippen LogP contribution is -2.42. The number of nitrogens with one attached hydrogen (secondary N) is 1. The van der Waals surface area contributed by atoms with Crippen molar-refractivity contribution in [1.82, 2.24) is 5.32 Å². The summed E-state index contributed by atoms with van der Waals surface area (Å²) in [4.78, 5) is 0. The van der Waals surface area contributed by atoms with Crippen LogP contribution in [0.2, 0.25) is 0 Å². The molecule has 1 aliphatic rings. The molecular weight excluding hydrogens is 142 g/mol.